The Morgan fingerprint density at radius 1 is 0.769 bits per heavy atom. The van der Waals surface area contributed by atoms with E-state index in [-0.39, 0.29) is 96.1 Å². The SMILES string of the molecule is CCCC[C@H](NC(C)=O)C(=O)N1CC(=O)NCCCC[C@H](C(N)=O)NC(=O)[C@H](Cc2c[nH]c3ccccc23)NC(=O)[C@H](CCCN=C(N)N)NC(=O)[C@@H](Cc2cc(Cl)c(Cl)c(Cl)c2Cl)NC(=O)[C@H](Cc2cnc[nH]2)NC(=O)C1. The molecule has 0 spiro atoms. The predicted octanol–water partition coefficient (Wildman–Crippen LogP) is 1.32. The van der Waals surface area contributed by atoms with E-state index < -0.39 is 109 Å². The summed E-state index contributed by atoms with van der Waals surface area (Å²) in [6.07, 6.45) is 5.40. The Balaban J connectivity index is 1.61. The van der Waals surface area contributed by atoms with Gasteiger partial charge >= 0.3 is 0 Å². The van der Waals surface area contributed by atoms with Gasteiger partial charge in [0.1, 0.15) is 49.3 Å². The summed E-state index contributed by atoms with van der Waals surface area (Å²) in [5, 5.41) is 19.0. The van der Waals surface area contributed by atoms with E-state index in [1.54, 1.807) is 12.3 Å². The molecule has 1 aliphatic heterocycles. The number of carbonyl (C=O) groups is 9. The van der Waals surface area contributed by atoms with Crippen LogP contribution in [0.4, 0.5) is 0 Å². The average molecular weight is 1160 g/mol. The van der Waals surface area contributed by atoms with Gasteiger partial charge < -0.3 is 69.3 Å². The molecule has 0 bridgehead atoms. The molecule has 0 unspecified atom stereocenters. The first-order valence-electron chi connectivity index (χ1n) is 25.2. The average Bonchev–Trinajstić information content (AvgIpc) is 4.07. The summed E-state index contributed by atoms with van der Waals surface area (Å²) in [4.78, 5) is 141. The second kappa shape index (κ2) is 30.1. The molecule has 78 heavy (non-hydrogen) atoms. The molecule has 1 saturated heterocycles. The third-order valence-electron chi connectivity index (χ3n) is 12.6. The Morgan fingerprint density at radius 3 is 2.06 bits per heavy atom. The van der Waals surface area contributed by atoms with Crippen LogP contribution in [0.15, 0.2) is 54.0 Å². The molecular weight excluding hydrogens is 1100 g/mol. The van der Waals surface area contributed by atoms with Gasteiger partial charge in [-0.1, -0.05) is 84.4 Å². The molecule has 422 valence electrons. The normalized spacial score (nSPS) is 20.2. The molecule has 5 rings (SSSR count). The number of benzene rings is 2. The number of unbranched alkanes of at least 4 members (excludes halogenated alkanes) is 1. The minimum atomic E-state index is -1.65. The third-order valence-corrected chi connectivity index (χ3v) is 14.4. The van der Waals surface area contributed by atoms with Crippen LogP contribution < -0.4 is 54.4 Å². The first-order chi connectivity index (χ1) is 37.1. The number of halogens is 4. The van der Waals surface area contributed by atoms with Crippen molar-refractivity contribution in [3.63, 3.8) is 0 Å². The number of H-pyrrole nitrogens is 2. The summed E-state index contributed by atoms with van der Waals surface area (Å²) in [6.45, 7) is 1.71. The summed E-state index contributed by atoms with van der Waals surface area (Å²) in [7, 11) is 0. The van der Waals surface area contributed by atoms with Crippen molar-refractivity contribution in [1.29, 1.82) is 0 Å². The number of guanidine groups is 1. The first-order valence-corrected chi connectivity index (χ1v) is 26.7. The van der Waals surface area contributed by atoms with E-state index in [0.29, 0.717) is 24.1 Å². The lowest BCUT2D eigenvalue weighted by Crippen LogP contribution is -2.60. The van der Waals surface area contributed by atoms with Crippen LogP contribution in [0.2, 0.25) is 20.1 Å². The number of primary amides is 1. The monoisotopic (exact) mass is 1160 g/mol. The maximum Gasteiger partial charge on any atom is 0.246 e. The maximum absolute atomic E-state index is 14.9. The van der Waals surface area contributed by atoms with Crippen LogP contribution in [0.1, 0.15) is 82.0 Å². The lowest BCUT2D eigenvalue weighted by molar-refractivity contribution is -0.142. The van der Waals surface area contributed by atoms with Gasteiger partial charge in [-0.2, -0.15) is 0 Å². The van der Waals surface area contributed by atoms with Gasteiger partial charge in [0.2, 0.25) is 53.2 Å². The van der Waals surface area contributed by atoms with E-state index in [0.717, 1.165) is 15.8 Å². The molecule has 6 atom stereocenters. The zero-order valence-corrected chi connectivity index (χ0v) is 46.0. The molecule has 24 nitrogen and oxygen atoms in total. The number of amides is 9. The summed E-state index contributed by atoms with van der Waals surface area (Å²) in [6, 6.07) is 0.175. The number of imidazole rings is 1. The Hall–Kier alpha value is -7.15. The van der Waals surface area contributed by atoms with Crippen LogP contribution in [-0.4, -0.2) is 141 Å². The van der Waals surface area contributed by atoms with E-state index in [2.05, 4.69) is 57.2 Å². The van der Waals surface area contributed by atoms with E-state index in [4.69, 9.17) is 63.6 Å². The molecule has 0 saturated carbocycles. The van der Waals surface area contributed by atoms with E-state index in [9.17, 15) is 43.2 Å². The lowest BCUT2D eigenvalue weighted by atomic mass is 10.0. The fraction of sp³-hybridized carbons (Fsp3) is 0.460. The van der Waals surface area contributed by atoms with Crippen molar-refractivity contribution < 1.29 is 43.2 Å². The highest BCUT2D eigenvalue weighted by atomic mass is 35.5. The number of rotatable bonds is 16. The van der Waals surface area contributed by atoms with Gasteiger partial charge in [-0.25, -0.2) is 4.98 Å². The molecule has 0 aliphatic carbocycles. The van der Waals surface area contributed by atoms with E-state index in [1.165, 1.54) is 25.5 Å². The van der Waals surface area contributed by atoms with Gasteiger partial charge in [0.25, 0.3) is 0 Å². The number of hydrogen-bond donors (Lipinski definition) is 12. The molecule has 4 aromatic rings. The molecular formula is C50H65Cl4N15O9. The Morgan fingerprint density at radius 2 is 1.41 bits per heavy atom. The summed E-state index contributed by atoms with van der Waals surface area (Å²) in [5.41, 5.74) is 18.8. The topological polar surface area (TPSA) is 376 Å². The highest BCUT2D eigenvalue weighted by molar-refractivity contribution is 6.52. The minimum Gasteiger partial charge on any atom is -0.370 e. The van der Waals surface area contributed by atoms with Gasteiger partial charge in [-0.15, -0.1) is 0 Å². The second-order valence-electron chi connectivity index (χ2n) is 18.7. The molecule has 2 aromatic heterocycles. The molecule has 9 amide bonds. The van der Waals surface area contributed by atoms with Crippen molar-refractivity contribution in [3.8, 4) is 0 Å². The molecule has 3 heterocycles. The van der Waals surface area contributed by atoms with Crippen molar-refractivity contribution in [2.24, 2.45) is 22.2 Å². The third kappa shape index (κ3) is 18.5. The number of hydrogen-bond acceptors (Lipinski definition) is 11. The zero-order chi connectivity index (χ0) is 57.1. The number of para-hydroxylation sites is 1. The Kier molecular flexibility index (Phi) is 23.8. The highest BCUT2D eigenvalue weighted by Gasteiger charge is 2.35. The molecule has 28 heteroatoms. The maximum atomic E-state index is 14.9. The van der Waals surface area contributed by atoms with E-state index in [1.807, 2.05) is 25.1 Å². The summed E-state index contributed by atoms with van der Waals surface area (Å²) in [5.74, 6) is -7.61. The smallest absolute Gasteiger partial charge is 0.246 e. The number of nitrogens with zero attached hydrogens (tertiary/aromatic N) is 3. The van der Waals surface area contributed by atoms with Crippen molar-refractivity contribution in [3.05, 3.63) is 86.0 Å². The predicted molar refractivity (Wildman–Crippen MR) is 294 cm³/mol. The molecule has 1 fully saturated rings. The Labute approximate surface area is 469 Å². The number of fused-ring (bicyclic) bond motifs is 1. The van der Waals surface area contributed by atoms with Crippen LogP contribution in [0.25, 0.3) is 10.9 Å². The summed E-state index contributed by atoms with van der Waals surface area (Å²) < 4.78 is 0. The van der Waals surface area contributed by atoms with Crippen LogP contribution >= 0.6 is 46.4 Å². The van der Waals surface area contributed by atoms with Crippen molar-refractivity contribution in [1.82, 2.24) is 57.1 Å². The van der Waals surface area contributed by atoms with Crippen LogP contribution in [-0.2, 0) is 62.4 Å². The zero-order valence-electron chi connectivity index (χ0n) is 42.9. The Bertz CT molecular complexity index is 2830. The number of aromatic amines is 2. The molecule has 1 aliphatic rings. The molecule has 15 N–H and O–H groups in total. The highest BCUT2D eigenvalue weighted by Crippen LogP contribution is 2.38. The fourth-order valence-electron chi connectivity index (χ4n) is 8.59. The molecule has 2 aromatic carbocycles. The minimum absolute atomic E-state index is 0.00734. The first kappa shape index (κ1) is 61.7. The number of aliphatic imine (C=N–C) groups is 1. The number of carbonyl (C=O) groups excluding carboxylic acids is 9. The van der Waals surface area contributed by atoms with Gasteiger partial charge in [-0.3, -0.25) is 48.1 Å². The molecule has 0 radical (unpaired) electrons. The van der Waals surface area contributed by atoms with Gasteiger partial charge in [0.05, 0.1) is 26.4 Å². The fourth-order valence-corrected chi connectivity index (χ4v) is 9.51. The lowest BCUT2D eigenvalue weighted by Gasteiger charge is -2.29. The van der Waals surface area contributed by atoms with Crippen LogP contribution in [0.3, 0.4) is 0 Å². The second-order valence-corrected chi connectivity index (χ2v) is 20.2. The van der Waals surface area contributed by atoms with E-state index >= 15 is 0 Å². The van der Waals surface area contributed by atoms with Gasteiger partial charge in [-0.05, 0) is 61.8 Å². The number of nitrogens with two attached hydrogens (primary N) is 3. The summed E-state index contributed by atoms with van der Waals surface area (Å²) >= 11 is 25.9. The van der Waals surface area contributed by atoms with Crippen LogP contribution in [0.5, 0.6) is 0 Å². The van der Waals surface area contributed by atoms with Crippen molar-refractivity contribution in [2.75, 3.05) is 26.2 Å². The van der Waals surface area contributed by atoms with Crippen molar-refractivity contribution in [2.45, 2.75) is 121 Å². The van der Waals surface area contributed by atoms with Gasteiger partial charge in [0, 0.05) is 68.3 Å². The standard InChI is InChI=1S/C50H65Cl4N15O9/c1-3-4-11-35(63-26(2)70)49(78)69-23-39(71)59-15-8-7-13-33(44(55)73)65-46(75)37(19-28-21-61-32-12-6-5-10-30(28)32)67-45(74)34(14-9-16-60-50(56)57)66-47(76)36(18-27-17-31(51)42(53)43(54)41(27)52)68-48(77)38(64-40(72)24-69)20-29-22-58-25-62-29/h5-6,10,12,17,21-22,25,33-38,61H,3-4,7-9,11,13-16,18-20,23-24H2,1-2H3,(H2,55,73)(H,58,62)(H,59,71)(H,63,70)(H,64,72)(H,65,75)(H,66,76)(H,67,74)(H,68,77)(H4,56,57,60)/t33-,34+,35+,36-,37+,38+/m1/s1. The van der Waals surface area contributed by atoms with Crippen molar-refractivity contribution >= 4 is 116 Å². The van der Waals surface area contributed by atoms with Crippen LogP contribution in [0, 0.1) is 0 Å². The quantitative estimate of drug-likeness (QED) is 0.0249. The number of aromatic nitrogens is 3. The largest absolute Gasteiger partial charge is 0.370 e. The van der Waals surface area contributed by atoms with Gasteiger partial charge in [0.15, 0.2) is 5.96 Å². The number of nitrogens with one attached hydrogen (secondary N) is 9.